The zero-order chi connectivity index (χ0) is 12.3. The number of aliphatic hydroxyl groups excluding tert-OH is 1. The first-order chi connectivity index (χ1) is 8.20. The van der Waals surface area contributed by atoms with Gasteiger partial charge in [-0.1, -0.05) is 28.9 Å². The van der Waals surface area contributed by atoms with Gasteiger partial charge in [-0.3, -0.25) is 0 Å². The van der Waals surface area contributed by atoms with Gasteiger partial charge in [0, 0.05) is 29.7 Å². The molecular formula is C13H14ClNO2. The van der Waals surface area contributed by atoms with Gasteiger partial charge >= 0.3 is 0 Å². The first-order valence-corrected chi connectivity index (χ1v) is 5.91. The average molecular weight is 252 g/mol. The number of benzene rings is 1. The van der Waals surface area contributed by atoms with E-state index in [4.69, 9.17) is 21.2 Å². The van der Waals surface area contributed by atoms with Crippen LogP contribution < -0.4 is 0 Å². The summed E-state index contributed by atoms with van der Waals surface area (Å²) in [4.78, 5) is 0. The zero-order valence-corrected chi connectivity index (χ0v) is 10.4. The van der Waals surface area contributed by atoms with Gasteiger partial charge in [-0.25, -0.2) is 0 Å². The third kappa shape index (κ3) is 2.87. The fraction of sp³-hybridized carbons (Fsp3) is 0.308. The minimum absolute atomic E-state index is 0.159. The number of rotatable bonds is 4. The molecule has 4 heteroatoms. The number of hydrogen-bond donors (Lipinski definition) is 1. The Bertz CT molecular complexity index is 508. The van der Waals surface area contributed by atoms with Crippen molar-refractivity contribution >= 4 is 11.6 Å². The third-order valence-electron chi connectivity index (χ3n) is 2.61. The Hall–Kier alpha value is -1.32. The van der Waals surface area contributed by atoms with Gasteiger partial charge in [0.05, 0.1) is 0 Å². The Morgan fingerprint density at radius 1 is 1.35 bits per heavy atom. The van der Waals surface area contributed by atoms with Crippen molar-refractivity contribution in [1.82, 2.24) is 5.16 Å². The molecule has 90 valence electrons. The van der Waals surface area contributed by atoms with Crippen LogP contribution in [-0.2, 0) is 6.42 Å². The van der Waals surface area contributed by atoms with Crippen molar-refractivity contribution in [3.05, 3.63) is 40.6 Å². The summed E-state index contributed by atoms with van der Waals surface area (Å²) in [5.74, 6) is 0.783. The van der Waals surface area contributed by atoms with E-state index in [9.17, 15) is 0 Å². The molecule has 0 aliphatic carbocycles. The molecule has 2 rings (SSSR count). The molecule has 0 spiro atoms. The highest BCUT2D eigenvalue weighted by Gasteiger charge is 2.07. The van der Waals surface area contributed by atoms with E-state index in [1.807, 2.05) is 31.2 Å². The van der Waals surface area contributed by atoms with Crippen LogP contribution in [0.3, 0.4) is 0 Å². The molecule has 0 saturated carbocycles. The molecule has 0 saturated heterocycles. The SMILES string of the molecule is Cc1ccc(-c2cc(CCCO)on2)cc1Cl. The lowest BCUT2D eigenvalue weighted by molar-refractivity contribution is 0.280. The number of hydrogen-bond acceptors (Lipinski definition) is 3. The van der Waals surface area contributed by atoms with E-state index in [2.05, 4.69) is 5.16 Å². The van der Waals surface area contributed by atoms with Crippen LogP contribution in [-0.4, -0.2) is 16.9 Å². The molecular weight excluding hydrogens is 238 g/mol. The summed E-state index contributed by atoms with van der Waals surface area (Å²) in [6, 6.07) is 7.69. The predicted molar refractivity (Wildman–Crippen MR) is 67.1 cm³/mol. The smallest absolute Gasteiger partial charge is 0.137 e. The quantitative estimate of drug-likeness (QED) is 0.908. The molecule has 1 aromatic carbocycles. The van der Waals surface area contributed by atoms with E-state index >= 15 is 0 Å². The molecule has 2 aromatic rings. The zero-order valence-electron chi connectivity index (χ0n) is 9.61. The summed E-state index contributed by atoms with van der Waals surface area (Å²) >= 11 is 6.06. The van der Waals surface area contributed by atoms with Crippen LogP contribution in [0, 0.1) is 6.92 Å². The van der Waals surface area contributed by atoms with E-state index in [0.717, 1.165) is 27.6 Å². The molecule has 0 bridgehead atoms. The van der Waals surface area contributed by atoms with Crippen LogP contribution in [0.1, 0.15) is 17.7 Å². The maximum Gasteiger partial charge on any atom is 0.137 e. The third-order valence-corrected chi connectivity index (χ3v) is 3.02. The van der Waals surface area contributed by atoms with E-state index in [1.54, 1.807) is 0 Å². The van der Waals surface area contributed by atoms with Crippen LogP contribution in [0.2, 0.25) is 5.02 Å². The fourth-order valence-corrected chi connectivity index (χ4v) is 1.75. The van der Waals surface area contributed by atoms with Gasteiger partial charge in [0.25, 0.3) is 0 Å². The summed E-state index contributed by atoms with van der Waals surface area (Å²) in [7, 11) is 0. The number of aromatic nitrogens is 1. The Morgan fingerprint density at radius 2 is 2.18 bits per heavy atom. The number of aryl methyl sites for hydroxylation is 2. The first-order valence-electron chi connectivity index (χ1n) is 5.53. The summed E-state index contributed by atoms with van der Waals surface area (Å²) in [5, 5.41) is 13.5. The molecule has 0 aliphatic rings. The predicted octanol–water partition coefficient (Wildman–Crippen LogP) is 3.23. The number of halogens is 1. The molecule has 0 aliphatic heterocycles. The maximum absolute atomic E-state index is 8.74. The lowest BCUT2D eigenvalue weighted by Gasteiger charge is -1.99. The van der Waals surface area contributed by atoms with Crippen LogP contribution in [0.15, 0.2) is 28.8 Å². The topological polar surface area (TPSA) is 46.3 Å². The second-order valence-corrected chi connectivity index (χ2v) is 4.38. The monoisotopic (exact) mass is 251 g/mol. The molecule has 1 aromatic heterocycles. The van der Waals surface area contributed by atoms with Crippen LogP contribution >= 0.6 is 11.6 Å². The highest BCUT2D eigenvalue weighted by molar-refractivity contribution is 6.31. The van der Waals surface area contributed by atoms with Gasteiger partial charge < -0.3 is 9.63 Å². The van der Waals surface area contributed by atoms with Crippen molar-refractivity contribution in [2.75, 3.05) is 6.61 Å². The molecule has 0 amide bonds. The van der Waals surface area contributed by atoms with E-state index in [1.165, 1.54) is 0 Å². The Balaban J connectivity index is 2.21. The van der Waals surface area contributed by atoms with Gasteiger partial charge in [0.1, 0.15) is 11.5 Å². The van der Waals surface area contributed by atoms with Crippen molar-refractivity contribution in [3.63, 3.8) is 0 Å². The fourth-order valence-electron chi connectivity index (χ4n) is 1.57. The van der Waals surface area contributed by atoms with Gasteiger partial charge in [-0.2, -0.15) is 0 Å². The summed E-state index contributed by atoms with van der Waals surface area (Å²) in [5.41, 5.74) is 2.76. The minimum atomic E-state index is 0.159. The standard InChI is InChI=1S/C13H14ClNO2/c1-9-4-5-10(7-12(9)14)13-8-11(17-15-13)3-2-6-16/h4-5,7-8,16H,2-3,6H2,1H3. The van der Waals surface area contributed by atoms with Gasteiger partial charge in [-0.15, -0.1) is 0 Å². The van der Waals surface area contributed by atoms with Crippen molar-refractivity contribution in [2.24, 2.45) is 0 Å². The Morgan fingerprint density at radius 3 is 2.88 bits per heavy atom. The molecule has 1 N–H and O–H groups in total. The molecule has 3 nitrogen and oxygen atoms in total. The average Bonchev–Trinajstić information content (AvgIpc) is 2.79. The molecule has 0 atom stereocenters. The summed E-state index contributed by atoms with van der Waals surface area (Å²) < 4.78 is 5.19. The second kappa shape index (κ2) is 5.34. The normalized spacial score (nSPS) is 10.8. The highest BCUT2D eigenvalue weighted by Crippen LogP contribution is 2.25. The van der Waals surface area contributed by atoms with Crippen molar-refractivity contribution in [2.45, 2.75) is 19.8 Å². The van der Waals surface area contributed by atoms with Gasteiger partial charge in [-0.05, 0) is 25.0 Å². The van der Waals surface area contributed by atoms with Gasteiger partial charge in [0.15, 0.2) is 0 Å². The lowest BCUT2D eigenvalue weighted by Crippen LogP contribution is -1.86. The summed E-state index contributed by atoms with van der Waals surface area (Å²) in [6.07, 6.45) is 1.38. The Kier molecular flexibility index (Phi) is 3.82. The molecule has 0 fully saturated rings. The second-order valence-electron chi connectivity index (χ2n) is 3.97. The molecule has 0 unspecified atom stereocenters. The van der Waals surface area contributed by atoms with Crippen LogP contribution in [0.5, 0.6) is 0 Å². The Labute approximate surface area is 105 Å². The number of nitrogens with zero attached hydrogens (tertiary/aromatic N) is 1. The van der Waals surface area contributed by atoms with Crippen LogP contribution in [0.4, 0.5) is 0 Å². The summed E-state index contributed by atoms with van der Waals surface area (Å²) in [6.45, 7) is 2.12. The van der Waals surface area contributed by atoms with Gasteiger partial charge in [0.2, 0.25) is 0 Å². The van der Waals surface area contributed by atoms with E-state index in [0.29, 0.717) is 12.8 Å². The van der Waals surface area contributed by atoms with Crippen molar-refractivity contribution in [1.29, 1.82) is 0 Å². The highest BCUT2D eigenvalue weighted by atomic mass is 35.5. The van der Waals surface area contributed by atoms with Crippen molar-refractivity contribution in [3.8, 4) is 11.3 Å². The maximum atomic E-state index is 8.74. The molecule has 17 heavy (non-hydrogen) atoms. The largest absolute Gasteiger partial charge is 0.396 e. The van der Waals surface area contributed by atoms with E-state index < -0.39 is 0 Å². The first kappa shape index (κ1) is 12.1. The minimum Gasteiger partial charge on any atom is -0.396 e. The van der Waals surface area contributed by atoms with Crippen LogP contribution in [0.25, 0.3) is 11.3 Å². The lowest BCUT2D eigenvalue weighted by atomic mass is 10.1. The molecule has 0 radical (unpaired) electrons. The number of aliphatic hydroxyl groups is 1. The van der Waals surface area contributed by atoms with E-state index in [-0.39, 0.29) is 6.61 Å². The molecule has 1 heterocycles. The van der Waals surface area contributed by atoms with Crippen molar-refractivity contribution < 1.29 is 9.63 Å².